The Hall–Kier alpha value is -2.66. The van der Waals surface area contributed by atoms with E-state index in [2.05, 4.69) is 74.6 Å². The Balaban J connectivity index is 3.64. The fourth-order valence-corrected chi connectivity index (χ4v) is 6.06. The van der Waals surface area contributed by atoms with E-state index in [-0.39, 0.29) is 31.6 Å². The number of carbonyl (C=O) groups is 2. The smallest absolute Gasteiger partial charge is 0.306 e. The van der Waals surface area contributed by atoms with Crippen LogP contribution in [0.5, 0.6) is 0 Å². The molecule has 0 fully saturated rings. The van der Waals surface area contributed by atoms with Crippen molar-refractivity contribution in [3.63, 3.8) is 0 Å². The Morgan fingerprint density at radius 1 is 0.426 bits per heavy atom. The molecule has 5 heteroatoms. The van der Waals surface area contributed by atoms with Gasteiger partial charge in [-0.3, -0.25) is 9.59 Å². The summed E-state index contributed by atoms with van der Waals surface area (Å²) >= 11 is 0. The molecule has 0 saturated heterocycles. The van der Waals surface area contributed by atoms with Crippen LogP contribution in [-0.2, 0) is 19.1 Å². The summed E-state index contributed by atoms with van der Waals surface area (Å²) in [6.07, 6.45) is 59.8. The number of esters is 2. The molecule has 0 aromatic rings. The van der Waals surface area contributed by atoms with E-state index in [0.717, 1.165) is 44.9 Å². The molecule has 0 spiro atoms. The monoisotopic (exact) mass is 753 g/mol. The van der Waals surface area contributed by atoms with Crippen LogP contribution in [0.15, 0.2) is 72.9 Å². The summed E-state index contributed by atoms with van der Waals surface area (Å²) in [5, 5.41) is 9.58. The average Bonchev–Trinajstić information content (AvgIpc) is 3.17. The first-order valence-corrected chi connectivity index (χ1v) is 22.5. The van der Waals surface area contributed by atoms with Gasteiger partial charge in [-0.1, -0.05) is 189 Å². The third-order valence-corrected chi connectivity index (χ3v) is 9.49. The molecule has 0 aromatic carbocycles. The first-order valence-electron chi connectivity index (χ1n) is 22.5. The second-order valence-electron chi connectivity index (χ2n) is 14.8. The van der Waals surface area contributed by atoms with Gasteiger partial charge in [0.15, 0.2) is 6.10 Å². The zero-order valence-electron chi connectivity index (χ0n) is 35.2. The molecule has 0 radical (unpaired) electrons. The maximum Gasteiger partial charge on any atom is 0.306 e. The number of hydrogen-bond donors (Lipinski definition) is 1. The van der Waals surface area contributed by atoms with Gasteiger partial charge in [0.05, 0.1) is 6.61 Å². The van der Waals surface area contributed by atoms with Crippen molar-refractivity contribution in [1.82, 2.24) is 0 Å². The van der Waals surface area contributed by atoms with Gasteiger partial charge < -0.3 is 14.6 Å². The summed E-state index contributed by atoms with van der Waals surface area (Å²) in [5.74, 6) is -0.688. The van der Waals surface area contributed by atoms with Crippen LogP contribution >= 0.6 is 0 Å². The lowest BCUT2D eigenvalue weighted by atomic mass is 10.0. The highest BCUT2D eigenvalue weighted by Gasteiger charge is 2.15. The van der Waals surface area contributed by atoms with Gasteiger partial charge >= 0.3 is 11.9 Å². The average molecular weight is 753 g/mol. The van der Waals surface area contributed by atoms with E-state index >= 15 is 0 Å². The molecule has 1 atom stereocenters. The Morgan fingerprint density at radius 3 is 1.24 bits per heavy atom. The number of unbranched alkanes of at least 4 members (excludes halogenated alkanes) is 20. The highest BCUT2D eigenvalue weighted by molar-refractivity contribution is 5.70. The standard InChI is InChI=1S/C49H84O5/c1-3-5-7-9-11-13-15-17-19-21-23-24-26-28-30-32-34-36-38-40-42-44-49(52)54-47(45-50)46-53-48(51)43-41-39-37-35-33-31-29-27-25-22-20-18-16-14-12-10-8-6-4-2/h12,14,17-20,25,27,31,33,37,39,47,50H,3-11,13,15-16,21-24,26,28-30,32,34-36,38,40-46H2,1-2H3. The third-order valence-electron chi connectivity index (χ3n) is 9.49. The highest BCUT2D eigenvalue weighted by atomic mass is 16.6. The van der Waals surface area contributed by atoms with Crippen molar-refractivity contribution in [2.75, 3.05) is 13.2 Å². The summed E-state index contributed by atoms with van der Waals surface area (Å²) in [4.78, 5) is 24.3. The van der Waals surface area contributed by atoms with Crippen LogP contribution in [0.4, 0.5) is 0 Å². The number of carbonyl (C=O) groups excluding carboxylic acids is 2. The van der Waals surface area contributed by atoms with Gasteiger partial charge in [0.25, 0.3) is 0 Å². The predicted octanol–water partition coefficient (Wildman–Crippen LogP) is 14.5. The molecular formula is C49H84O5. The molecule has 0 saturated carbocycles. The Labute approximate surface area is 333 Å². The first-order chi connectivity index (χ1) is 26.6. The maximum atomic E-state index is 12.2. The van der Waals surface area contributed by atoms with Gasteiger partial charge in [-0.2, -0.15) is 0 Å². The minimum atomic E-state index is -0.805. The van der Waals surface area contributed by atoms with Crippen molar-refractivity contribution < 1.29 is 24.2 Å². The molecule has 54 heavy (non-hydrogen) atoms. The van der Waals surface area contributed by atoms with Crippen LogP contribution in [0.2, 0.25) is 0 Å². The zero-order valence-corrected chi connectivity index (χ0v) is 35.2. The van der Waals surface area contributed by atoms with Crippen molar-refractivity contribution in [3.8, 4) is 0 Å². The summed E-state index contributed by atoms with van der Waals surface area (Å²) in [5.41, 5.74) is 0. The van der Waals surface area contributed by atoms with Gasteiger partial charge in [-0.25, -0.2) is 0 Å². The fourth-order valence-electron chi connectivity index (χ4n) is 6.06. The quantitative estimate of drug-likeness (QED) is 0.0383. The molecule has 310 valence electrons. The van der Waals surface area contributed by atoms with Gasteiger partial charge in [-0.05, 0) is 77.0 Å². The Bertz CT molecular complexity index is 988. The summed E-state index contributed by atoms with van der Waals surface area (Å²) in [6, 6.07) is 0. The lowest BCUT2D eigenvalue weighted by Crippen LogP contribution is -2.28. The zero-order chi connectivity index (χ0) is 39.3. The van der Waals surface area contributed by atoms with Crippen LogP contribution in [0.25, 0.3) is 0 Å². The predicted molar refractivity (Wildman–Crippen MR) is 233 cm³/mol. The van der Waals surface area contributed by atoms with Gasteiger partial charge in [0.2, 0.25) is 0 Å². The van der Waals surface area contributed by atoms with E-state index in [4.69, 9.17) is 9.47 Å². The van der Waals surface area contributed by atoms with E-state index in [1.54, 1.807) is 0 Å². The third kappa shape index (κ3) is 42.1. The van der Waals surface area contributed by atoms with E-state index < -0.39 is 6.10 Å². The minimum absolute atomic E-state index is 0.108. The van der Waals surface area contributed by atoms with Crippen LogP contribution in [0, 0.1) is 0 Å². The van der Waals surface area contributed by atoms with Crippen molar-refractivity contribution >= 4 is 11.9 Å². The molecule has 0 amide bonds. The highest BCUT2D eigenvalue weighted by Crippen LogP contribution is 2.14. The molecule has 0 bridgehead atoms. The Morgan fingerprint density at radius 2 is 0.778 bits per heavy atom. The van der Waals surface area contributed by atoms with Gasteiger partial charge in [0.1, 0.15) is 6.61 Å². The maximum absolute atomic E-state index is 12.2. The van der Waals surface area contributed by atoms with Crippen molar-refractivity contribution in [2.45, 2.75) is 213 Å². The largest absolute Gasteiger partial charge is 0.462 e. The second-order valence-corrected chi connectivity index (χ2v) is 14.8. The summed E-state index contributed by atoms with van der Waals surface area (Å²) in [7, 11) is 0. The molecule has 0 aliphatic heterocycles. The fraction of sp³-hybridized carbons (Fsp3) is 0.714. The topological polar surface area (TPSA) is 72.8 Å². The summed E-state index contributed by atoms with van der Waals surface area (Å²) in [6.45, 7) is 4.04. The molecule has 0 heterocycles. The van der Waals surface area contributed by atoms with E-state index in [1.165, 1.54) is 128 Å². The van der Waals surface area contributed by atoms with Crippen LogP contribution in [0.3, 0.4) is 0 Å². The molecule has 0 aliphatic rings. The second kappa shape index (κ2) is 44.7. The summed E-state index contributed by atoms with van der Waals surface area (Å²) < 4.78 is 10.6. The molecule has 0 rings (SSSR count). The van der Waals surface area contributed by atoms with E-state index in [0.29, 0.717) is 12.8 Å². The van der Waals surface area contributed by atoms with E-state index in [9.17, 15) is 14.7 Å². The van der Waals surface area contributed by atoms with Crippen LogP contribution in [-0.4, -0.2) is 36.4 Å². The number of allylic oxidation sites excluding steroid dienone is 12. The van der Waals surface area contributed by atoms with Crippen molar-refractivity contribution in [2.24, 2.45) is 0 Å². The van der Waals surface area contributed by atoms with Crippen molar-refractivity contribution in [3.05, 3.63) is 72.9 Å². The van der Waals surface area contributed by atoms with Crippen LogP contribution < -0.4 is 0 Å². The van der Waals surface area contributed by atoms with Gasteiger partial charge in [0, 0.05) is 12.8 Å². The lowest BCUT2D eigenvalue weighted by molar-refractivity contribution is -0.161. The first kappa shape index (κ1) is 51.3. The molecule has 0 aromatic heterocycles. The molecule has 0 aliphatic carbocycles. The lowest BCUT2D eigenvalue weighted by Gasteiger charge is -2.15. The molecule has 1 N–H and O–H groups in total. The number of aliphatic hydroxyl groups excluding tert-OH is 1. The number of aliphatic hydroxyl groups is 1. The van der Waals surface area contributed by atoms with E-state index in [1.807, 2.05) is 12.2 Å². The van der Waals surface area contributed by atoms with Crippen LogP contribution in [0.1, 0.15) is 206 Å². The molecule has 5 nitrogen and oxygen atoms in total. The van der Waals surface area contributed by atoms with Gasteiger partial charge in [-0.15, -0.1) is 0 Å². The molecular weight excluding hydrogens is 669 g/mol. The van der Waals surface area contributed by atoms with Crippen molar-refractivity contribution in [1.29, 1.82) is 0 Å². The normalized spacial score (nSPS) is 12.9. The minimum Gasteiger partial charge on any atom is -0.462 e. The number of rotatable bonds is 40. The molecule has 1 unspecified atom stereocenters. The number of ether oxygens (including phenoxy) is 2. The SMILES string of the molecule is CCCCCC=CCC=CCC=CCC=CCC=CCCC(=O)OCC(CO)OC(=O)CCCCCCCCCCCCCC=CCCCCCCCC. The number of hydrogen-bond acceptors (Lipinski definition) is 5. The Kier molecular flexibility index (Phi) is 42.5.